The number of hydrogen-bond donors (Lipinski definition) is 2. The largest absolute Gasteiger partial charge is 0.444 e. The quantitative estimate of drug-likeness (QED) is 0.789. The zero-order valence-corrected chi connectivity index (χ0v) is 11.9. The third-order valence-electron chi connectivity index (χ3n) is 3.02. The van der Waals surface area contributed by atoms with Crippen molar-refractivity contribution in [3.8, 4) is 0 Å². The second kappa shape index (κ2) is 5.59. The maximum atomic E-state index is 11.8. The van der Waals surface area contributed by atoms with Crippen LogP contribution in [0.4, 0.5) is 4.79 Å². The summed E-state index contributed by atoms with van der Waals surface area (Å²) >= 11 is 0. The lowest BCUT2D eigenvalue weighted by Crippen LogP contribution is -2.56. The lowest BCUT2D eigenvalue weighted by molar-refractivity contribution is -0.126. The Labute approximate surface area is 109 Å². The number of rotatable bonds is 2. The molecule has 0 bridgehead atoms. The summed E-state index contributed by atoms with van der Waals surface area (Å²) in [6.45, 7) is 10.2. The minimum Gasteiger partial charge on any atom is -0.444 e. The molecule has 0 unspecified atom stereocenters. The van der Waals surface area contributed by atoms with Crippen LogP contribution < -0.4 is 10.6 Å². The van der Waals surface area contributed by atoms with E-state index in [1.807, 2.05) is 0 Å². The minimum absolute atomic E-state index is 0.120. The number of nitrogens with one attached hydrogen (secondary N) is 2. The molecule has 1 aliphatic heterocycles. The van der Waals surface area contributed by atoms with Gasteiger partial charge in [-0.05, 0) is 39.0 Å². The van der Waals surface area contributed by atoms with Crippen molar-refractivity contribution in [2.24, 2.45) is 11.8 Å². The molecule has 1 aliphatic rings. The van der Waals surface area contributed by atoms with Gasteiger partial charge in [-0.1, -0.05) is 13.8 Å². The highest BCUT2D eigenvalue weighted by molar-refractivity contribution is 5.86. The van der Waals surface area contributed by atoms with E-state index in [0.29, 0.717) is 12.5 Å². The molecule has 0 radical (unpaired) electrons. The fourth-order valence-corrected chi connectivity index (χ4v) is 2.16. The van der Waals surface area contributed by atoms with Crippen molar-refractivity contribution in [1.82, 2.24) is 10.6 Å². The van der Waals surface area contributed by atoms with Crippen molar-refractivity contribution in [2.45, 2.75) is 52.7 Å². The van der Waals surface area contributed by atoms with E-state index in [0.717, 1.165) is 6.42 Å². The molecular weight excluding hydrogens is 232 g/mol. The summed E-state index contributed by atoms with van der Waals surface area (Å²) in [5.74, 6) is 0.382. The lowest BCUT2D eigenvalue weighted by Gasteiger charge is -2.34. The fraction of sp³-hybridized carbons (Fsp3) is 0.846. The lowest BCUT2D eigenvalue weighted by atomic mass is 9.83. The molecule has 2 atom stereocenters. The highest BCUT2D eigenvalue weighted by Gasteiger charge is 2.35. The average Bonchev–Trinajstić information content (AvgIpc) is 2.17. The third kappa shape index (κ3) is 4.20. The Kier molecular flexibility index (Phi) is 4.59. The van der Waals surface area contributed by atoms with E-state index in [4.69, 9.17) is 4.74 Å². The van der Waals surface area contributed by atoms with Crippen LogP contribution in [-0.4, -0.2) is 30.2 Å². The molecule has 2 amide bonds. The summed E-state index contributed by atoms with van der Waals surface area (Å²) < 4.78 is 5.19. The van der Waals surface area contributed by atoms with E-state index in [2.05, 4.69) is 24.5 Å². The molecule has 0 aromatic rings. The van der Waals surface area contributed by atoms with E-state index in [1.165, 1.54) is 0 Å². The van der Waals surface area contributed by atoms with Crippen LogP contribution in [0.5, 0.6) is 0 Å². The summed E-state index contributed by atoms with van der Waals surface area (Å²) in [5, 5.41) is 5.46. The molecule has 0 saturated carbocycles. The Balaban J connectivity index is 2.66. The Morgan fingerprint density at radius 2 is 2.06 bits per heavy atom. The van der Waals surface area contributed by atoms with Crippen LogP contribution in [0.25, 0.3) is 0 Å². The van der Waals surface area contributed by atoms with Crippen LogP contribution in [0.1, 0.15) is 41.0 Å². The average molecular weight is 256 g/mol. The number of alkyl carbamates (subject to hydrolysis) is 1. The van der Waals surface area contributed by atoms with Gasteiger partial charge in [0.15, 0.2) is 0 Å². The summed E-state index contributed by atoms with van der Waals surface area (Å²) in [4.78, 5) is 23.6. The second-order valence-corrected chi connectivity index (χ2v) is 6.11. The van der Waals surface area contributed by atoms with Gasteiger partial charge in [-0.2, -0.15) is 0 Å². The highest BCUT2D eigenvalue weighted by Crippen LogP contribution is 2.22. The zero-order chi connectivity index (χ0) is 13.9. The molecule has 1 rings (SSSR count). The maximum absolute atomic E-state index is 11.8. The number of carbonyl (C=O) groups is 2. The second-order valence-electron chi connectivity index (χ2n) is 6.11. The highest BCUT2D eigenvalue weighted by atomic mass is 16.6. The van der Waals surface area contributed by atoms with Gasteiger partial charge in [0, 0.05) is 6.54 Å². The minimum atomic E-state index is -0.553. The first-order valence-corrected chi connectivity index (χ1v) is 6.48. The molecule has 5 nitrogen and oxygen atoms in total. The van der Waals surface area contributed by atoms with Crippen molar-refractivity contribution < 1.29 is 14.3 Å². The predicted octanol–water partition coefficient (Wildman–Crippen LogP) is 1.67. The van der Waals surface area contributed by atoms with E-state index >= 15 is 0 Å². The topological polar surface area (TPSA) is 67.4 Å². The summed E-state index contributed by atoms with van der Waals surface area (Å²) in [7, 11) is 0. The van der Waals surface area contributed by atoms with Gasteiger partial charge in [-0.3, -0.25) is 4.79 Å². The van der Waals surface area contributed by atoms with Crippen molar-refractivity contribution in [1.29, 1.82) is 0 Å². The van der Waals surface area contributed by atoms with Crippen LogP contribution in [0.2, 0.25) is 0 Å². The molecule has 1 heterocycles. The molecular formula is C13H24N2O3. The molecule has 18 heavy (non-hydrogen) atoms. The molecule has 0 aromatic carbocycles. The van der Waals surface area contributed by atoms with Crippen molar-refractivity contribution in [3.63, 3.8) is 0 Å². The summed E-state index contributed by atoms with van der Waals surface area (Å²) in [6, 6.07) is -0.492. The molecule has 1 saturated heterocycles. The Hall–Kier alpha value is -1.26. The molecule has 1 fully saturated rings. The Morgan fingerprint density at radius 3 is 2.56 bits per heavy atom. The van der Waals surface area contributed by atoms with E-state index in [1.54, 1.807) is 20.8 Å². The smallest absolute Gasteiger partial charge is 0.408 e. The van der Waals surface area contributed by atoms with Crippen LogP contribution >= 0.6 is 0 Å². The van der Waals surface area contributed by atoms with E-state index < -0.39 is 17.7 Å². The van der Waals surface area contributed by atoms with Gasteiger partial charge < -0.3 is 15.4 Å². The molecule has 5 heteroatoms. The van der Waals surface area contributed by atoms with Crippen molar-refractivity contribution >= 4 is 12.0 Å². The summed E-state index contributed by atoms with van der Waals surface area (Å²) in [5.41, 5.74) is -0.553. The van der Waals surface area contributed by atoms with Crippen LogP contribution in [-0.2, 0) is 9.53 Å². The van der Waals surface area contributed by atoms with Gasteiger partial charge >= 0.3 is 6.09 Å². The number of ether oxygens (including phenoxy) is 1. The van der Waals surface area contributed by atoms with Crippen molar-refractivity contribution in [3.05, 3.63) is 0 Å². The predicted molar refractivity (Wildman–Crippen MR) is 69.1 cm³/mol. The first-order valence-electron chi connectivity index (χ1n) is 6.48. The van der Waals surface area contributed by atoms with Gasteiger partial charge in [0.05, 0.1) is 0 Å². The van der Waals surface area contributed by atoms with Crippen molar-refractivity contribution in [2.75, 3.05) is 6.54 Å². The molecule has 0 spiro atoms. The van der Waals surface area contributed by atoms with Gasteiger partial charge in [0.1, 0.15) is 11.6 Å². The van der Waals surface area contributed by atoms with E-state index in [9.17, 15) is 9.59 Å². The van der Waals surface area contributed by atoms with Crippen LogP contribution in [0.15, 0.2) is 0 Å². The zero-order valence-electron chi connectivity index (χ0n) is 11.9. The Morgan fingerprint density at radius 1 is 1.44 bits per heavy atom. The molecule has 104 valence electrons. The van der Waals surface area contributed by atoms with Gasteiger partial charge in [0.2, 0.25) is 5.91 Å². The number of hydrogen-bond acceptors (Lipinski definition) is 3. The fourth-order valence-electron chi connectivity index (χ4n) is 2.16. The van der Waals surface area contributed by atoms with Gasteiger partial charge in [0.25, 0.3) is 0 Å². The van der Waals surface area contributed by atoms with Crippen LogP contribution in [0.3, 0.4) is 0 Å². The maximum Gasteiger partial charge on any atom is 0.408 e. The van der Waals surface area contributed by atoms with E-state index in [-0.39, 0.29) is 11.8 Å². The molecule has 2 N–H and O–H groups in total. The summed E-state index contributed by atoms with van der Waals surface area (Å²) in [6.07, 6.45) is 0.347. The molecule has 0 aliphatic carbocycles. The SMILES string of the molecule is CC(C)[C@H]1CCNC(=O)[C@H]1NC(=O)OC(C)(C)C. The van der Waals surface area contributed by atoms with Gasteiger partial charge in [-0.15, -0.1) is 0 Å². The number of piperidine rings is 1. The molecule has 0 aromatic heterocycles. The third-order valence-corrected chi connectivity index (χ3v) is 3.02. The Bertz CT molecular complexity index is 321. The number of amides is 2. The normalized spacial score (nSPS) is 24.7. The van der Waals surface area contributed by atoms with Gasteiger partial charge in [-0.25, -0.2) is 4.79 Å². The monoisotopic (exact) mass is 256 g/mol. The van der Waals surface area contributed by atoms with Crippen LogP contribution in [0, 0.1) is 11.8 Å². The standard InChI is InChI=1S/C13H24N2O3/c1-8(2)9-6-7-14-11(16)10(9)15-12(17)18-13(3,4)5/h8-10H,6-7H2,1-5H3,(H,14,16)(H,15,17)/t9-,10+/m1/s1. The number of carbonyl (C=O) groups excluding carboxylic acids is 2. The first kappa shape index (κ1) is 14.8. The first-order chi connectivity index (χ1) is 8.20.